The van der Waals surface area contributed by atoms with Crippen LogP contribution in [0.1, 0.15) is 0 Å². The molecule has 3 N–H and O–H groups in total. The van der Waals surface area contributed by atoms with Crippen LogP contribution >= 0.6 is 11.6 Å². The van der Waals surface area contributed by atoms with Crippen molar-refractivity contribution in [3.8, 4) is 22.6 Å². The minimum absolute atomic E-state index is 0.0648. The first kappa shape index (κ1) is 14.5. The maximum Gasteiger partial charge on any atom is 0.191 e. The molecular weight excluding hydrogens is 335 g/mol. The quantitative estimate of drug-likeness (QED) is 0.576. The van der Waals surface area contributed by atoms with Gasteiger partial charge in [0.15, 0.2) is 23.1 Å². The molecule has 0 spiro atoms. The van der Waals surface area contributed by atoms with E-state index in [1.165, 1.54) is 12.4 Å². The second kappa shape index (κ2) is 5.24. The number of aromatic amines is 1. The third-order valence-corrected chi connectivity index (χ3v) is 3.63. The Morgan fingerprint density at radius 2 is 2.08 bits per heavy atom. The molecule has 0 amide bonds. The highest BCUT2D eigenvalue weighted by molar-refractivity contribution is 6.29. The van der Waals surface area contributed by atoms with E-state index in [0.29, 0.717) is 22.3 Å². The molecule has 0 radical (unpaired) electrons. The summed E-state index contributed by atoms with van der Waals surface area (Å²) in [6.07, 6.45) is 6.19. The smallest absolute Gasteiger partial charge is 0.191 e. The molecule has 0 saturated heterocycles. The fourth-order valence-corrected chi connectivity index (χ4v) is 2.49. The average molecular weight is 345 g/mol. The van der Waals surface area contributed by atoms with Crippen molar-refractivity contribution in [1.82, 2.24) is 34.7 Å². The van der Waals surface area contributed by atoms with Crippen LogP contribution in [0.5, 0.6) is 0 Å². The Morgan fingerprint density at radius 1 is 1.25 bits per heavy atom. The van der Waals surface area contributed by atoms with E-state index < -0.39 is 5.82 Å². The Hall–Kier alpha value is -3.07. The molecule has 0 aliphatic heterocycles. The van der Waals surface area contributed by atoms with Gasteiger partial charge in [0, 0.05) is 25.0 Å². The molecule has 0 bridgehead atoms. The van der Waals surface area contributed by atoms with Crippen LogP contribution in [-0.4, -0.2) is 34.7 Å². The highest BCUT2D eigenvalue weighted by Gasteiger charge is 2.19. The molecule has 4 aromatic heterocycles. The van der Waals surface area contributed by atoms with Crippen LogP contribution in [0.3, 0.4) is 0 Å². The molecule has 4 aromatic rings. The minimum Gasteiger partial charge on any atom is -0.381 e. The first-order valence-electron chi connectivity index (χ1n) is 6.85. The van der Waals surface area contributed by atoms with E-state index >= 15 is 0 Å². The van der Waals surface area contributed by atoms with Crippen LogP contribution in [0, 0.1) is 5.82 Å². The predicted octanol–water partition coefficient (Wildman–Crippen LogP) is 2.19. The van der Waals surface area contributed by atoms with Crippen LogP contribution in [0.4, 0.5) is 10.2 Å². The summed E-state index contributed by atoms with van der Waals surface area (Å²) in [4.78, 5) is 19.6. The van der Waals surface area contributed by atoms with Gasteiger partial charge < -0.3 is 10.7 Å². The number of nitrogens with one attached hydrogen (secondary N) is 1. The van der Waals surface area contributed by atoms with E-state index in [9.17, 15) is 4.39 Å². The summed E-state index contributed by atoms with van der Waals surface area (Å²) in [5, 5.41) is 4.25. The van der Waals surface area contributed by atoms with Gasteiger partial charge in [-0.25, -0.2) is 24.3 Å². The van der Waals surface area contributed by atoms with Crippen molar-refractivity contribution in [3.05, 3.63) is 35.8 Å². The van der Waals surface area contributed by atoms with Crippen LogP contribution in [-0.2, 0) is 7.05 Å². The highest BCUT2D eigenvalue weighted by atomic mass is 35.5. The predicted molar refractivity (Wildman–Crippen MR) is 86.5 cm³/mol. The van der Waals surface area contributed by atoms with E-state index in [1.54, 1.807) is 24.1 Å². The van der Waals surface area contributed by atoms with Crippen molar-refractivity contribution in [2.24, 2.45) is 7.05 Å². The lowest BCUT2D eigenvalue weighted by molar-refractivity contribution is 0.624. The van der Waals surface area contributed by atoms with E-state index in [1.807, 2.05) is 0 Å². The molecule has 0 aliphatic carbocycles. The number of hydrogen-bond donors (Lipinski definition) is 2. The van der Waals surface area contributed by atoms with Gasteiger partial charge in [-0.2, -0.15) is 5.10 Å². The minimum atomic E-state index is -0.698. The molecule has 0 atom stereocenters. The zero-order chi connectivity index (χ0) is 16.8. The molecular formula is C14H10ClFN8. The van der Waals surface area contributed by atoms with E-state index in [0.717, 1.165) is 0 Å². The molecule has 120 valence electrons. The Labute approximate surface area is 139 Å². The lowest BCUT2D eigenvalue weighted by Gasteiger charge is -2.05. The standard InChI is InChI=1S/C14H10ClFN8/c1-24-5-6(2-20-24)10-9(16)12(17)23-13(22-10)7-3-18-14-11(7)21-8(15)4-19-14/h2-5H,1H3,(H,18,19)(H2,17,22,23). The summed E-state index contributed by atoms with van der Waals surface area (Å²) in [6.45, 7) is 0. The van der Waals surface area contributed by atoms with Gasteiger partial charge in [0.1, 0.15) is 16.4 Å². The fourth-order valence-electron chi connectivity index (χ4n) is 2.36. The van der Waals surface area contributed by atoms with Crippen LogP contribution in [0.15, 0.2) is 24.8 Å². The van der Waals surface area contributed by atoms with Crippen LogP contribution in [0.2, 0.25) is 5.15 Å². The molecule has 4 heterocycles. The molecule has 0 unspecified atom stereocenters. The summed E-state index contributed by atoms with van der Waals surface area (Å²) in [5.74, 6) is -0.741. The number of nitrogens with zero attached hydrogens (tertiary/aromatic N) is 6. The summed E-state index contributed by atoms with van der Waals surface area (Å²) >= 11 is 5.90. The van der Waals surface area contributed by atoms with Crippen molar-refractivity contribution >= 4 is 28.6 Å². The lowest BCUT2D eigenvalue weighted by atomic mass is 10.2. The number of nitrogens with two attached hydrogens (primary N) is 1. The van der Waals surface area contributed by atoms with E-state index in [2.05, 4.69) is 30.0 Å². The third-order valence-electron chi connectivity index (χ3n) is 3.45. The van der Waals surface area contributed by atoms with Gasteiger partial charge in [-0.3, -0.25) is 4.68 Å². The summed E-state index contributed by atoms with van der Waals surface area (Å²) in [7, 11) is 1.73. The van der Waals surface area contributed by atoms with Crippen LogP contribution in [0.25, 0.3) is 33.8 Å². The Kier molecular flexibility index (Phi) is 3.17. The number of hydrogen-bond acceptors (Lipinski definition) is 6. The van der Waals surface area contributed by atoms with Gasteiger partial charge in [0.2, 0.25) is 0 Å². The van der Waals surface area contributed by atoms with E-state index in [4.69, 9.17) is 17.3 Å². The topological polar surface area (TPSA) is 111 Å². The Bertz CT molecular complexity index is 1070. The van der Waals surface area contributed by atoms with Crippen molar-refractivity contribution < 1.29 is 4.39 Å². The van der Waals surface area contributed by atoms with Gasteiger partial charge in [-0.15, -0.1) is 0 Å². The molecule has 0 aromatic carbocycles. The first-order chi connectivity index (χ1) is 11.5. The zero-order valence-electron chi connectivity index (χ0n) is 12.3. The molecule has 24 heavy (non-hydrogen) atoms. The molecule has 0 saturated carbocycles. The molecule has 8 nitrogen and oxygen atoms in total. The largest absolute Gasteiger partial charge is 0.381 e. The number of anilines is 1. The zero-order valence-corrected chi connectivity index (χ0v) is 13.1. The van der Waals surface area contributed by atoms with Gasteiger partial charge in [-0.05, 0) is 0 Å². The molecule has 10 heteroatoms. The van der Waals surface area contributed by atoms with Crippen molar-refractivity contribution in [1.29, 1.82) is 0 Å². The number of aromatic nitrogens is 7. The van der Waals surface area contributed by atoms with Crippen molar-refractivity contribution in [2.75, 3.05) is 5.73 Å². The van der Waals surface area contributed by atoms with Gasteiger partial charge in [0.05, 0.1) is 18.0 Å². The van der Waals surface area contributed by atoms with Gasteiger partial charge in [0.25, 0.3) is 0 Å². The van der Waals surface area contributed by atoms with E-state index in [-0.39, 0.29) is 22.5 Å². The highest BCUT2D eigenvalue weighted by Crippen LogP contribution is 2.29. The second-order valence-corrected chi connectivity index (χ2v) is 5.48. The SMILES string of the molecule is Cn1cc(-c2nc(-c3c[nH]c4ncc(Cl)nc34)nc(N)c2F)cn1. The Balaban J connectivity index is 1.95. The maximum atomic E-state index is 14.4. The maximum absolute atomic E-state index is 14.4. The summed E-state index contributed by atoms with van der Waals surface area (Å²) in [5.41, 5.74) is 7.80. The number of rotatable bonds is 2. The number of halogens is 2. The number of fused-ring (bicyclic) bond motifs is 1. The number of aryl methyl sites for hydroxylation is 1. The van der Waals surface area contributed by atoms with Gasteiger partial charge >= 0.3 is 0 Å². The summed E-state index contributed by atoms with van der Waals surface area (Å²) < 4.78 is 15.9. The monoisotopic (exact) mass is 344 g/mol. The molecule has 0 fully saturated rings. The Morgan fingerprint density at radius 3 is 2.83 bits per heavy atom. The van der Waals surface area contributed by atoms with Crippen molar-refractivity contribution in [2.45, 2.75) is 0 Å². The first-order valence-corrected chi connectivity index (χ1v) is 7.23. The van der Waals surface area contributed by atoms with Crippen LogP contribution < -0.4 is 5.73 Å². The normalized spacial score (nSPS) is 11.3. The second-order valence-electron chi connectivity index (χ2n) is 5.09. The lowest BCUT2D eigenvalue weighted by Crippen LogP contribution is -2.03. The molecule has 4 rings (SSSR count). The number of nitrogen functional groups attached to an aromatic ring is 1. The fraction of sp³-hybridized carbons (Fsp3) is 0.0714. The van der Waals surface area contributed by atoms with Crippen molar-refractivity contribution in [3.63, 3.8) is 0 Å². The molecule has 0 aliphatic rings. The number of H-pyrrole nitrogens is 1. The average Bonchev–Trinajstić information content (AvgIpc) is 3.16. The third kappa shape index (κ3) is 2.26. The summed E-state index contributed by atoms with van der Waals surface area (Å²) in [6, 6.07) is 0. The van der Waals surface area contributed by atoms with Gasteiger partial charge in [-0.1, -0.05) is 11.6 Å².